The minimum absolute atomic E-state index is 0.0462. The van der Waals surface area contributed by atoms with Crippen molar-refractivity contribution in [3.8, 4) is 5.75 Å². The number of carbonyl (C=O) groups is 1. The molecule has 0 spiro atoms. The van der Waals surface area contributed by atoms with E-state index in [0.29, 0.717) is 12.0 Å². The number of phenolic OH excluding ortho intramolecular Hbond substituents is 1. The van der Waals surface area contributed by atoms with Crippen molar-refractivity contribution in [3.05, 3.63) is 71.3 Å². The second kappa shape index (κ2) is 5.34. The fraction of sp³-hybridized carbons (Fsp3) is 0.211. The Hall–Kier alpha value is -2.55. The Labute approximate surface area is 130 Å². The number of benzene rings is 2. The first-order valence-corrected chi connectivity index (χ1v) is 7.37. The maximum atomic E-state index is 12.4. The van der Waals surface area contributed by atoms with Gasteiger partial charge in [0.25, 0.3) is 0 Å². The van der Waals surface area contributed by atoms with Gasteiger partial charge in [0, 0.05) is 34.0 Å². The van der Waals surface area contributed by atoms with Gasteiger partial charge in [0.15, 0.2) is 5.78 Å². The third-order valence-electron chi connectivity index (χ3n) is 3.87. The zero-order valence-electron chi connectivity index (χ0n) is 12.8. The first kappa shape index (κ1) is 14.4. The lowest BCUT2D eigenvalue weighted by Gasteiger charge is -2.35. The van der Waals surface area contributed by atoms with E-state index >= 15 is 0 Å². The summed E-state index contributed by atoms with van der Waals surface area (Å²) in [5, 5.41) is 13.5. The summed E-state index contributed by atoms with van der Waals surface area (Å²) in [5.74, 6) is 0.236. The van der Waals surface area contributed by atoms with E-state index in [1.807, 2.05) is 24.3 Å². The number of ketones is 1. The normalized spacial score (nSPS) is 17.6. The average molecular weight is 293 g/mol. The number of nitrogens with one attached hydrogen (secondary N) is 1. The van der Waals surface area contributed by atoms with Crippen LogP contribution in [-0.4, -0.2) is 16.4 Å². The van der Waals surface area contributed by atoms with Crippen molar-refractivity contribution in [1.82, 2.24) is 5.32 Å². The molecule has 3 nitrogen and oxygen atoms in total. The molecule has 1 aliphatic rings. The topological polar surface area (TPSA) is 49.3 Å². The van der Waals surface area contributed by atoms with Crippen LogP contribution in [0.3, 0.4) is 0 Å². The average Bonchev–Trinajstić information content (AvgIpc) is 2.48. The molecule has 0 aliphatic carbocycles. The summed E-state index contributed by atoms with van der Waals surface area (Å²) < 4.78 is 0. The van der Waals surface area contributed by atoms with E-state index in [0.717, 1.165) is 16.8 Å². The molecule has 0 saturated heterocycles. The third-order valence-corrected chi connectivity index (χ3v) is 3.87. The monoisotopic (exact) mass is 293 g/mol. The Bertz CT molecular complexity index is 745. The van der Waals surface area contributed by atoms with Crippen LogP contribution in [-0.2, 0) is 6.42 Å². The molecule has 2 N–H and O–H groups in total. The fourth-order valence-corrected chi connectivity index (χ4v) is 2.86. The van der Waals surface area contributed by atoms with E-state index < -0.39 is 0 Å². The number of carbonyl (C=O) groups excluding carboxylic acids is 1. The lowest BCUT2D eigenvalue weighted by atomic mass is 9.85. The molecule has 3 heteroatoms. The highest BCUT2D eigenvalue weighted by atomic mass is 16.3. The second-order valence-corrected chi connectivity index (χ2v) is 6.28. The van der Waals surface area contributed by atoms with E-state index in [2.05, 4.69) is 19.2 Å². The van der Waals surface area contributed by atoms with Crippen molar-refractivity contribution in [2.75, 3.05) is 0 Å². The maximum Gasteiger partial charge on any atom is 0.187 e. The zero-order valence-corrected chi connectivity index (χ0v) is 12.8. The van der Waals surface area contributed by atoms with Crippen molar-refractivity contribution in [2.24, 2.45) is 0 Å². The summed E-state index contributed by atoms with van der Waals surface area (Å²) >= 11 is 0. The second-order valence-electron chi connectivity index (χ2n) is 6.28. The highest BCUT2D eigenvalue weighted by Crippen LogP contribution is 2.34. The molecule has 1 aliphatic heterocycles. The van der Waals surface area contributed by atoms with Gasteiger partial charge in [0.1, 0.15) is 5.75 Å². The number of phenols is 1. The standard InChI is InChI=1S/C19H19NO2/c1-19(2)12-15-14(9-6-10-17(15)21)16(20-19)11-18(22)13-7-4-3-5-8-13/h3-11,20-21H,12H2,1-2H3/b16-11-. The van der Waals surface area contributed by atoms with Crippen LogP contribution in [0.1, 0.15) is 35.3 Å². The first-order chi connectivity index (χ1) is 10.5. The smallest absolute Gasteiger partial charge is 0.187 e. The summed E-state index contributed by atoms with van der Waals surface area (Å²) in [4.78, 5) is 12.4. The Kier molecular flexibility index (Phi) is 3.49. The Morgan fingerprint density at radius 2 is 1.86 bits per heavy atom. The quantitative estimate of drug-likeness (QED) is 0.657. The Morgan fingerprint density at radius 3 is 2.59 bits per heavy atom. The van der Waals surface area contributed by atoms with Gasteiger partial charge < -0.3 is 10.4 Å². The van der Waals surface area contributed by atoms with Crippen LogP contribution in [0.15, 0.2) is 54.6 Å². The third kappa shape index (κ3) is 2.75. The number of hydrogen-bond donors (Lipinski definition) is 2. The number of fused-ring (bicyclic) bond motifs is 1. The molecule has 0 radical (unpaired) electrons. The van der Waals surface area contributed by atoms with Crippen LogP contribution in [0.4, 0.5) is 0 Å². The lowest BCUT2D eigenvalue weighted by Crippen LogP contribution is -2.43. The van der Waals surface area contributed by atoms with E-state index in [9.17, 15) is 9.90 Å². The highest BCUT2D eigenvalue weighted by Gasteiger charge is 2.29. The summed E-state index contributed by atoms with van der Waals surface area (Å²) in [6.07, 6.45) is 2.33. The van der Waals surface area contributed by atoms with Crippen molar-refractivity contribution in [1.29, 1.82) is 0 Å². The van der Waals surface area contributed by atoms with Crippen molar-refractivity contribution >= 4 is 11.5 Å². The molecule has 0 fully saturated rings. The van der Waals surface area contributed by atoms with Gasteiger partial charge >= 0.3 is 0 Å². The molecular formula is C19H19NO2. The molecular weight excluding hydrogens is 274 g/mol. The minimum Gasteiger partial charge on any atom is -0.508 e. The molecule has 0 saturated carbocycles. The summed E-state index contributed by atoms with van der Waals surface area (Å²) in [6.45, 7) is 4.12. The van der Waals surface area contributed by atoms with Gasteiger partial charge in [-0.2, -0.15) is 0 Å². The van der Waals surface area contributed by atoms with Gasteiger partial charge in [0.05, 0.1) is 0 Å². The van der Waals surface area contributed by atoms with Gasteiger partial charge in [-0.05, 0) is 26.3 Å². The molecule has 0 bridgehead atoms. The van der Waals surface area contributed by atoms with Gasteiger partial charge in [-0.1, -0.05) is 42.5 Å². The molecule has 22 heavy (non-hydrogen) atoms. The van der Waals surface area contributed by atoms with E-state index in [1.165, 1.54) is 0 Å². The van der Waals surface area contributed by atoms with Crippen LogP contribution >= 0.6 is 0 Å². The molecule has 2 aromatic rings. The van der Waals surface area contributed by atoms with E-state index in [1.54, 1.807) is 30.3 Å². The van der Waals surface area contributed by atoms with Gasteiger partial charge in [0.2, 0.25) is 0 Å². The summed E-state index contributed by atoms with van der Waals surface area (Å²) in [5.41, 5.74) is 2.98. The van der Waals surface area contributed by atoms with Crippen LogP contribution in [0.5, 0.6) is 5.75 Å². The molecule has 2 aromatic carbocycles. The van der Waals surface area contributed by atoms with Crippen LogP contribution in [0.2, 0.25) is 0 Å². The molecule has 112 valence electrons. The summed E-state index contributed by atoms with van der Waals surface area (Å²) in [6, 6.07) is 14.6. The maximum absolute atomic E-state index is 12.4. The number of rotatable bonds is 2. The number of hydrogen-bond acceptors (Lipinski definition) is 3. The molecule has 0 aromatic heterocycles. The lowest BCUT2D eigenvalue weighted by molar-refractivity contribution is 0.104. The van der Waals surface area contributed by atoms with Crippen molar-refractivity contribution in [3.63, 3.8) is 0 Å². The van der Waals surface area contributed by atoms with E-state index in [-0.39, 0.29) is 17.1 Å². The van der Waals surface area contributed by atoms with Gasteiger partial charge in [-0.3, -0.25) is 4.79 Å². The van der Waals surface area contributed by atoms with Crippen molar-refractivity contribution in [2.45, 2.75) is 25.8 Å². The van der Waals surface area contributed by atoms with Crippen LogP contribution in [0, 0.1) is 0 Å². The molecule has 0 unspecified atom stereocenters. The minimum atomic E-state index is -0.214. The zero-order chi connectivity index (χ0) is 15.7. The fourth-order valence-electron chi connectivity index (χ4n) is 2.86. The van der Waals surface area contributed by atoms with E-state index in [4.69, 9.17) is 0 Å². The molecule has 3 rings (SSSR count). The molecule has 0 atom stereocenters. The Morgan fingerprint density at radius 1 is 1.14 bits per heavy atom. The van der Waals surface area contributed by atoms with Crippen LogP contribution in [0.25, 0.3) is 5.70 Å². The first-order valence-electron chi connectivity index (χ1n) is 7.37. The molecule has 1 heterocycles. The van der Waals surface area contributed by atoms with Gasteiger partial charge in [-0.25, -0.2) is 0 Å². The Balaban J connectivity index is 2.06. The van der Waals surface area contributed by atoms with Crippen LogP contribution < -0.4 is 5.32 Å². The largest absolute Gasteiger partial charge is 0.508 e. The SMILES string of the molecule is CC1(C)Cc2c(O)cccc2/C(=C/C(=O)c2ccccc2)N1. The molecule has 0 amide bonds. The predicted octanol–water partition coefficient (Wildman–Crippen LogP) is 3.54. The van der Waals surface area contributed by atoms with Crippen molar-refractivity contribution < 1.29 is 9.90 Å². The summed E-state index contributed by atoms with van der Waals surface area (Å²) in [7, 11) is 0. The number of allylic oxidation sites excluding steroid dienone is 1. The predicted molar refractivity (Wildman–Crippen MR) is 87.8 cm³/mol. The number of aromatic hydroxyl groups is 1. The highest BCUT2D eigenvalue weighted by molar-refractivity contribution is 6.08. The van der Waals surface area contributed by atoms with Gasteiger partial charge in [-0.15, -0.1) is 0 Å².